The van der Waals surface area contributed by atoms with Crippen LogP contribution in [-0.4, -0.2) is 23.9 Å². The van der Waals surface area contributed by atoms with Gasteiger partial charge in [-0.3, -0.25) is 0 Å². The van der Waals surface area contributed by atoms with Crippen LogP contribution in [0, 0.1) is 11.8 Å². The zero-order valence-electron chi connectivity index (χ0n) is 18.5. The van der Waals surface area contributed by atoms with Crippen molar-refractivity contribution in [2.24, 2.45) is 11.8 Å². The smallest absolute Gasteiger partial charge is 0.155 e. The molecule has 1 aliphatic carbocycles. The maximum atomic E-state index is 12.7. The molecule has 0 spiro atoms. The summed E-state index contributed by atoms with van der Waals surface area (Å²) in [5, 5.41) is 1.03. The fourth-order valence-corrected chi connectivity index (χ4v) is 6.66. The van der Waals surface area contributed by atoms with Crippen LogP contribution in [0.4, 0.5) is 0 Å². The zero-order valence-corrected chi connectivity index (χ0v) is 20.1. The quantitative estimate of drug-likeness (QED) is 0.438. The molecule has 3 rings (SSSR count). The molecule has 1 aromatic heterocycles. The minimum atomic E-state index is -3.02. The molecule has 164 valence electrons. The molecule has 2 aromatic rings. The maximum Gasteiger partial charge on any atom is 0.155 e. The van der Waals surface area contributed by atoms with Crippen molar-refractivity contribution in [3.05, 3.63) is 54.2 Å². The number of hydrogen-bond acceptors (Lipinski definition) is 4. The zero-order chi connectivity index (χ0) is 21.6. The molecule has 5 heteroatoms. The highest BCUT2D eigenvalue weighted by atomic mass is 32.2. The van der Waals surface area contributed by atoms with E-state index in [1.165, 1.54) is 16.9 Å². The van der Waals surface area contributed by atoms with E-state index in [-0.39, 0.29) is 0 Å². The van der Waals surface area contributed by atoms with E-state index in [1.54, 1.807) is 11.8 Å². The van der Waals surface area contributed by atoms with Crippen molar-refractivity contribution in [2.75, 3.05) is 5.75 Å². The third-order valence-electron chi connectivity index (χ3n) is 6.72. The monoisotopic (exact) mass is 445 g/mol. The lowest BCUT2D eigenvalue weighted by molar-refractivity contribution is 0.278. The highest BCUT2D eigenvalue weighted by molar-refractivity contribution is 7.99. The first-order chi connectivity index (χ1) is 14.3. The van der Waals surface area contributed by atoms with Gasteiger partial charge in [-0.15, -0.1) is 0 Å². The second-order valence-corrected chi connectivity index (χ2v) is 13.0. The summed E-state index contributed by atoms with van der Waals surface area (Å²) in [6.07, 6.45) is 9.33. The lowest BCUT2D eigenvalue weighted by Gasteiger charge is -2.31. The summed E-state index contributed by atoms with van der Waals surface area (Å²) < 4.78 is 24.8. The molecular formula is C25H35NO2S2. The van der Waals surface area contributed by atoms with Crippen LogP contribution in [0.3, 0.4) is 0 Å². The molecule has 1 aliphatic rings. The van der Waals surface area contributed by atoms with E-state index in [2.05, 4.69) is 29.2 Å². The van der Waals surface area contributed by atoms with Gasteiger partial charge < -0.3 is 0 Å². The van der Waals surface area contributed by atoms with E-state index in [0.29, 0.717) is 24.0 Å². The van der Waals surface area contributed by atoms with E-state index in [1.807, 2.05) is 45.2 Å². The van der Waals surface area contributed by atoms with Gasteiger partial charge in [0.2, 0.25) is 0 Å². The molecule has 1 fully saturated rings. The average molecular weight is 446 g/mol. The standard InChI is InChI=1S/C25H35NO2S2/c1-4-25(2,3)30(27,28)19-22-14-11-20(12-15-22)10-13-21-16-17-24(26-18-21)29-23-8-6-5-7-9-23/h5-9,16-18,20,22H,4,10-15,19H2,1-3H3. The largest absolute Gasteiger partial charge is 0.249 e. The van der Waals surface area contributed by atoms with Crippen molar-refractivity contribution in [1.82, 2.24) is 4.98 Å². The Morgan fingerprint density at radius 3 is 2.27 bits per heavy atom. The van der Waals surface area contributed by atoms with E-state index < -0.39 is 14.6 Å². The van der Waals surface area contributed by atoms with E-state index in [9.17, 15) is 8.42 Å². The van der Waals surface area contributed by atoms with Gasteiger partial charge in [-0.2, -0.15) is 0 Å². The first kappa shape index (κ1) is 23.3. The van der Waals surface area contributed by atoms with Crippen LogP contribution in [0.15, 0.2) is 58.6 Å². The molecule has 0 radical (unpaired) electrons. The molecule has 0 amide bonds. The van der Waals surface area contributed by atoms with Crippen molar-refractivity contribution < 1.29 is 8.42 Å². The molecule has 0 saturated heterocycles. The predicted molar refractivity (Wildman–Crippen MR) is 127 cm³/mol. The Morgan fingerprint density at radius 2 is 1.67 bits per heavy atom. The second kappa shape index (κ2) is 10.3. The number of nitrogens with zero attached hydrogens (tertiary/aromatic N) is 1. The first-order valence-corrected chi connectivity index (χ1v) is 13.7. The Bertz CT molecular complexity index is 885. The third kappa shape index (κ3) is 6.34. The molecule has 0 aliphatic heterocycles. The van der Waals surface area contributed by atoms with Gasteiger partial charge in [0.1, 0.15) is 5.03 Å². The molecule has 1 heterocycles. The molecule has 1 saturated carbocycles. The Morgan fingerprint density at radius 1 is 1.00 bits per heavy atom. The minimum absolute atomic E-state index is 0.341. The van der Waals surface area contributed by atoms with Crippen LogP contribution in [0.2, 0.25) is 0 Å². The van der Waals surface area contributed by atoms with Gasteiger partial charge in [-0.05, 0) is 81.5 Å². The minimum Gasteiger partial charge on any atom is -0.249 e. The van der Waals surface area contributed by atoms with Crippen LogP contribution in [0.25, 0.3) is 0 Å². The Balaban J connectivity index is 1.42. The summed E-state index contributed by atoms with van der Waals surface area (Å²) in [5.74, 6) is 1.42. The number of sulfone groups is 1. The molecular weight excluding hydrogens is 410 g/mol. The average Bonchev–Trinajstić information content (AvgIpc) is 2.74. The van der Waals surface area contributed by atoms with Crippen molar-refractivity contribution in [1.29, 1.82) is 0 Å². The summed E-state index contributed by atoms with van der Waals surface area (Å²) >= 11 is 1.69. The van der Waals surface area contributed by atoms with Gasteiger partial charge in [0.25, 0.3) is 0 Å². The molecule has 0 bridgehead atoms. The molecule has 3 nitrogen and oxygen atoms in total. The number of benzene rings is 1. The third-order valence-corrected chi connectivity index (χ3v) is 10.6. The normalized spacial score (nSPS) is 20.2. The number of hydrogen-bond donors (Lipinski definition) is 0. The molecule has 0 N–H and O–H groups in total. The summed E-state index contributed by atoms with van der Waals surface area (Å²) in [4.78, 5) is 5.82. The van der Waals surface area contributed by atoms with Crippen molar-refractivity contribution >= 4 is 21.6 Å². The molecule has 0 unspecified atom stereocenters. The van der Waals surface area contributed by atoms with Gasteiger partial charge in [0.15, 0.2) is 9.84 Å². The van der Waals surface area contributed by atoms with Crippen molar-refractivity contribution in [3.8, 4) is 0 Å². The number of aromatic nitrogens is 1. The first-order valence-electron chi connectivity index (χ1n) is 11.2. The Labute approximate surface area is 187 Å². The number of pyridine rings is 1. The summed E-state index contributed by atoms with van der Waals surface area (Å²) in [5.41, 5.74) is 1.29. The van der Waals surface area contributed by atoms with Crippen LogP contribution in [-0.2, 0) is 16.3 Å². The van der Waals surface area contributed by atoms with Crippen molar-refractivity contribution in [3.63, 3.8) is 0 Å². The number of aryl methyl sites for hydroxylation is 1. The molecule has 1 aromatic carbocycles. The van der Waals surface area contributed by atoms with Crippen LogP contribution >= 0.6 is 11.8 Å². The number of rotatable bonds is 9. The fourth-order valence-electron chi connectivity index (χ4n) is 4.04. The summed E-state index contributed by atoms with van der Waals surface area (Å²) in [6, 6.07) is 14.6. The second-order valence-electron chi connectivity index (χ2n) is 9.24. The SMILES string of the molecule is CCC(C)(C)S(=O)(=O)CC1CCC(CCc2ccc(Sc3ccccc3)nc2)CC1. The van der Waals surface area contributed by atoms with E-state index in [4.69, 9.17) is 0 Å². The van der Waals surface area contributed by atoms with Gasteiger partial charge >= 0.3 is 0 Å². The van der Waals surface area contributed by atoms with Gasteiger partial charge in [-0.25, -0.2) is 13.4 Å². The molecule has 30 heavy (non-hydrogen) atoms. The lowest BCUT2D eigenvalue weighted by Crippen LogP contribution is -2.36. The van der Waals surface area contributed by atoms with Gasteiger partial charge in [0.05, 0.1) is 10.5 Å². The lowest BCUT2D eigenvalue weighted by atomic mass is 9.80. The topological polar surface area (TPSA) is 47.0 Å². The summed E-state index contributed by atoms with van der Waals surface area (Å²) in [7, 11) is -3.02. The van der Waals surface area contributed by atoms with E-state index in [0.717, 1.165) is 37.1 Å². The highest BCUT2D eigenvalue weighted by Gasteiger charge is 2.35. The Kier molecular flexibility index (Phi) is 8.03. The van der Waals surface area contributed by atoms with Crippen LogP contribution in [0.5, 0.6) is 0 Å². The van der Waals surface area contributed by atoms with Gasteiger partial charge in [-0.1, -0.05) is 55.8 Å². The summed E-state index contributed by atoms with van der Waals surface area (Å²) in [6.45, 7) is 5.70. The van der Waals surface area contributed by atoms with Gasteiger partial charge in [0, 0.05) is 11.1 Å². The maximum absolute atomic E-state index is 12.7. The van der Waals surface area contributed by atoms with Crippen LogP contribution in [0.1, 0.15) is 64.9 Å². The Hall–Kier alpha value is -1.33. The highest BCUT2D eigenvalue weighted by Crippen LogP contribution is 2.35. The van der Waals surface area contributed by atoms with Crippen molar-refractivity contribution in [2.45, 2.75) is 80.4 Å². The van der Waals surface area contributed by atoms with E-state index >= 15 is 0 Å². The predicted octanol–water partition coefficient (Wildman–Crippen LogP) is 6.58. The molecule has 0 atom stereocenters. The van der Waals surface area contributed by atoms with Crippen LogP contribution < -0.4 is 0 Å². The fraction of sp³-hybridized carbons (Fsp3) is 0.560.